The third-order valence-corrected chi connectivity index (χ3v) is 2.33. The van der Waals surface area contributed by atoms with E-state index in [4.69, 9.17) is 16.0 Å². The molecule has 0 radical (unpaired) electrons. The maximum absolute atomic E-state index is 13.5. The first-order valence-electron chi connectivity index (χ1n) is 5.10. The van der Waals surface area contributed by atoms with Gasteiger partial charge in [-0.3, -0.25) is 0 Å². The average molecular weight is 256 g/mol. The Kier molecular flexibility index (Phi) is 3.58. The summed E-state index contributed by atoms with van der Waals surface area (Å²) in [7, 11) is 0. The molecule has 2 aromatic rings. The van der Waals surface area contributed by atoms with E-state index in [2.05, 4.69) is 15.5 Å². The number of anilines is 2. The molecule has 2 rings (SSSR count). The number of rotatable bonds is 4. The predicted molar refractivity (Wildman–Crippen MR) is 63.1 cm³/mol. The number of hydrogen-bond acceptors (Lipinski definition) is 4. The van der Waals surface area contributed by atoms with Crippen LogP contribution in [0.5, 0.6) is 0 Å². The van der Waals surface area contributed by atoms with Crippen molar-refractivity contribution in [2.45, 2.75) is 13.3 Å². The number of alkyl halides is 1. The summed E-state index contributed by atoms with van der Waals surface area (Å²) in [5.41, 5.74) is 1.15. The van der Waals surface area contributed by atoms with E-state index >= 15 is 0 Å². The lowest BCUT2D eigenvalue weighted by atomic mass is 10.2. The molecule has 0 aliphatic carbocycles. The minimum atomic E-state index is -0.359. The summed E-state index contributed by atoms with van der Waals surface area (Å²) in [5.74, 6) is 0.470. The van der Waals surface area contributed by atoms with Gasteiger partial charge < -0.3 is 9.73 Å². The molecule has 0 atom stereocenters. The highest BCUT2D eigenvalue weighted by molar-refractivity contribution is 6.17. The monoisotopic (exact) mass is 255 g/mol. The normalized spacial score (nSPS) is 10.5. The van der Waals surface area contributed by atoms with Gasteiger partial charge in [0.05, 0.1) is 5.69 Å². The second kappa shape index (κ2) is 5.14. The third kappa shape index (κ3) is 2.94. The van der Waals surface area contributed by atoms with Crippen LogP contribution in [-0.4, -0.2) is 16.1 Å². The molecule has 0 aliphatic rings. The topological polar surface area (TPSA) is 51.0 Å². The van der Waals surface area contributed by atoms with Crippen molar-refractivity contribution < 1.29 is 8.81 Å². The molecule has 0 bridgehead atoms. The number of halogens is 2. The fraction of sp³-hybridized carbons (Fsp3) is 0.273. The van der Waals surface area contributed by atoms with Crippen LogP contribution >= 0.6 is 11.6 Å². The Bertz CT molecular complexity index is 515. The van der Waals surface area contributed by atoms with Gasteiger partial charge >= 0.3 is 6.01 Å². The van der Waals surface area contributed by atoms with Crippen molar-refractivity contribution in [3.8, 4) is 0 Å². The molecule has 1 aromatic carbocycles. The lowest BCUT2D eigenvalue weighted by molar-refractivity contribution is 0.515. The zero-order valence-electron chi connectivity index (χ0n) is 9.20. The Balaban J connectivity index is 2.13. The summed E-state index contributed by atoms with van der Waals surface area (Å²) in [6.45, 7) is 1.82. The molecule has 0 aliphatic heterocycles. The van der Waals surface area contributed by atoms with Crippen molar-refractivity contribution in [1.29, 1.82) is 0 Å². The van der Waals surface area contributed by atoms with E-state index in [9.17, 15) is 4.39 Å². The fourth-order valence-corrected chi connectivity index (χ4v) is 1.48. The largest absolute Gasteiger partial charge is 0.408 e. The molecule has 4 nitrogen and oxygen atoms in total. The van der Waals surface area contributed by atoms with Crippen molar-refractivity contribution in [2.24, 2.45) is 0 Å². The molecule has 0 saturated heterocycles. The second-order valence-corrected chi connectivity index (χ2v) is 3.93. The Morgan fingerprint density at radius 3 is 2.94 bits per heavy atom. The van der Waals surface area contributed by atoms with Crippen molar-refractivity contribution >= 4 is 23.3 Å². The number of benzene rings is 1. The van der Waals surface area contributed by atoms with Gasteiger partial charge in [-0.2, -0.15) is 0 Å². The van der Waals surface area contributed by atoms with Gasteiger partial charge in [0.2, 0.25) is 5.89 Å². The van der Waals surface area contributed by atoms with Gasteiger partial charge in [-0.05, 0) is 24.6 Å². The average Bonchev–Trinajstić information content (AvgIpc) is 2.71. The molecule has 0 amide bonds. The lowest BCUT2D eigenvalue weighted by Gasteiger charge is -2.03. The van der Waals surface area contributed by atoms with Gasteiger partial charge in [-0.15, -0.1) is 16.7 Å². The Morgan fingerprint density at radius 1 is 1.41 bits per heavy atom. The molecule has 1 N–H and O–H groups in total. The highest BCUT2D eigenvalue weighted by atomic mass is 35.5. The molecule has 1 aromatic heterocycles. The van der Waals surface area contributed by atoms with Crippen LogP contribution in [0.3, 0.4) is 0 Å². The van der Waals surface area contributed by atoms with Crippen LogP contribution in [0.4, 0.5) is 16.1 Å². The first-order valence-corrected chi connectivity index (χ1v) is 5.64. The van der Waals surface area contributed by atoms with E-state index < -0.39 is 0 Å². The second-order valence-electron chi connectivity index (χ2n) is 3.55. The van der Waals surface area contributed by atoms with E-state index in [0.717, 1.165) is 5.56 Å². The lowest BCUT2D eigenvalue weighted by Crippen LogP contribution is -1.94. The maximum Gasteiger partial charge on any atom is 0.320 e. The van der Waals surface area contributed by atoms with Gasteiger partial charge in [0.15, 0.2) is 0 Å². The molecule has 0 unspecified atom stereocenters. The summed E-state index contributed by atoms with van der Waals surface area (Å²) in [4.78, 5) is 0. The van der Waals surface area contributed by atoms with Crippen molar-refractivity contribution in [1.82, 2.24) is 10.2 Å². The molecule has 0 saturated carbocycles. The van der Waals surface area contributed by atoms with Crippen LogP contribution in [0.2, 0.25) is 0 Å². The molecule has 90 valence electrons. The third-order valence-electron chi connectivity index (χ3n) is 2.14. The highest BCUT2D eigenvalue weighted by Gasteiger charge is 2.08. The number of nitrogens with zero attached hydrogens (tertiary/aromatic N) is 2. The first kappa shape index (κ1) is 11.9. The maximum atomic E-state index is 13.5. The van der Waals surface area contributed by atoms with Crippen LogP contribution in [-0.2, 0) is 6.42 Å². The smallest absolute Gasteiger partial charge is 0.320 e. The number of aryl methyl sites for hydroxylation is 2. The summed E-state index contributed by atoms with van der Waals surface area (Å²) in [6, 6.07) is 5.00. The van der Waals surface area contributed by atoms with E-state index in [1.807, 2.05) is 6.92 Å². The van der Waals surface area contributed by atoms with Crippen LogP contribution in [0, 0.1) is 12.7 Å². The van der Waals surface area contributed by atoms with Crippen LogP contribution in [0.25, 0.3) is 0 Å². The van der Waals surface area contributed by atoms with Gasteiger partial charge in [0, 0.05) is 12.3 Å². The number of hydrogen-bond donors (Lipinski definition) is 1. The molecule has 1 heterocycles. The van der Waals surface area contributed by atoms with Crippen LogP contribution in [0.15, 0.2) is 22.6 Å². The molecule has 17 heavy (non-hydrogen) atoms. The molecule has 0 spiro atoms. The number of nitrogens with one attached hydrogen (secondary N) is 1. The minimum absolute atomic E-state index is 0.160. The standard InChI is InChI=1S/C11H11ClFN3O/c1-7-2-3-9(8(13)6-7)14-11-16-15-10(17-11)4-5-12/h2-3,6H,4-5H2,1H3,(H,14,16). The van der Waals surface area contributed by atoms with Gasteiger partial charge in [0.25, 0.3) is 0 Å². The summed E-state index contributed by atoms with van der Waals surface area (Å²) >= 11 is 5.54. The summed E-state index contributed by atoms with van der Waals surface area (Å²) < 4.78 is 18.7. The molecule has 6 heteroatoms. The van der Waals surface area contributed by atoms with Crippen LogP contribution < -0.4 is 5.32 Å². The van der Waals surface area contributed by atoms with E-state index in [0.29, 0.717) is 23.9 Å². The zero-order chi connectivity index (χ0) is 12.3. The highest BCUT2D eigenvalue weighted by Crippen LogP contribution is 2.20. The quantitative estimate of drug-likeness (QED) is 0.853. The summed E-state index contributed by atoms with van der Waals surface area (Å²) in [6.07, 6.45) is 0.493. The summed E-state index contributed by atoms with van der Waals surface area (Å²) in [5, 5.41) is 10.2. The Labute approximate surface area is 103 Å². The molecule has 0 fully saturated rings. The Hall–Kier alpha value is -1.62. The SMILES string of the molecule is Cc1ccc(Nc2nnc(CCCl)o2)c(F)c1. The molecular weight excluding hydrogens is 245 g/mol. The fourth-order valence-electron chi connectivity index (χ4n) is 1.32. The Morgan fingerprint density at radius 2 is 2.24 bits per heavy atom. The van der Waals surface area contributed by atoms with Gasteiger partial charge in [0.1, 0.15) is 5.82 Å². The zero-order valence-corrected chi connectivity index (χ0v) is 9.96. The first-order chi connectivity index (χ1) is 8.19. The minimum Gasteiger partial charge on any atom is -0.408 e. The van der Waals surface area contributed by atoms with Crippen LogP contribution in [0.1, 0.15) is 11.5 Å². The predicted octanol–water partition coefficient (Wildman–Crippen LogP) is 3.04. The van der Waals surface area contributed by atoms with E-state index in [-0.39, 0.29) is 11.8 Å². The van der Waals surface area contributed by atoms with Crippen molar-refractivity contribution in [3.05, 3.63) is 35.5 Å². The van der Waals surface area contributed by atoms with E-state index in [1.165, 1.54) is 6.07 Å². The van der Waals surface area contributed by atoms with Gasteiger partial charge in [-0.25, -0.2) is 4.39 Å². The van der Waals surface area contributed by atoms with Crippen molar-refractivity contribution in [2.75, 3.05) is 11.2 Å². The van der Waals surface area contributed by atoms with E-state index in [1.54, 1.807) is 12.1 Å². The van der Waals surface area contributed by atoms with Crippen molar-refractivity contribution in [3.63, 3.8) is 0 Å². The molecular formula is C11H11ClFN3O. The number of aromatic nitrogens is 2. The van der Waals surface area contributed by atoms with Gasteiger partial charge in [-0.1, -0.05) is 11.2 Å².